The van der Waals surface area contributed by atoms with Gasteiger partial charge in [-0.1, -0.05) is 26.3 Å². The minimum Gasteiger partial charge on any atom is -0.402 e. The summed E-state index contributed by atoms with van der Waals surface area (Å²) >= 11 is 0. The number of benzene rings is 1. The average molecular weight is 490 g/mol. The van der Waals surface area contributed by atoms with E-state index in [2.05, 4.69) is 36.6 Å². The number of hydrogen-bond acceptors (Lipinski definition) is 6. The molecule has 2 aliphatic rings. The number of nitrogens with two attached hydrogens (primary N) is 2. The Kier molecular flexibility index (Phi) is 9.44. The first-order valence-electron chi connectivity index (χ1n) is 12.7. The third-order valence-electron chi connectivity index (χ3n) is 7.11. The fourth-order valence-corrected chi connectivity index (χ4v) is 5.39. The Hall–Kier alpha value is -2.29. The van der Waals surface area contributed by atoms with Crippen LogP contribution in [0.1, 0.15) is 58.6 Å². The number of halogens is 2. The summed E-state index contributed by atoms with van der Waals surface area (Å²) in [5, 5.41) is 8.65. The van der Waals surface area contributed by atoms with Gasteiger partial charge in [0.2, 0.25) is 0 Å². The van der Waals surface area contributed by atoms with Crippen LogP contribution in [0.3, 0.4) is 0 Å². The fraction of sp³-hybridized carbons (Fsp3) is 0.593. The summed E-state index contributed by atoms with van der Waals surface area (Å²) < 4.78 is 34.0. The summed E-state index contributed by atoms with van der Waals surface area (Å²) in [4.78, 5) is 4.73. The lowest BCUT2D eigenvalue weighted by Gasteiger charge is -2.39. The summed E-state index contributed by atoms with van der Waals surface area (Å²) in [5.74, 6) is -0.605. The van der Waals surface area contributed by atoms with Gasteiger partial charge in [-0.15, -0.1) is 0 Å². The Morgan fingerprint density at radius 3 is 2.66 bits per heavy atom. The average Bonchev–Trinajstić information content (AvgIpc) is 3.19. The van der Waals surface area contributed by atoms with Gasteiger partial charge in [-0.25, -0.2) is 8.78 Å². The first-order chi connectivity index (χ1) is 16.7. The van der Waals surface area contributed by atoms with E-state index in [4.69, 9.17) is 21.6 Å². The van der Waals surface area contributed by atoms with E-state index in [1.807, 2.05) is 0 Å². The standard InChI is InChI=1S/C27H41F2N5O/c1-5-7-8-25(23(31)11-18(4)30)34(6-2)26-15-33(14-17(26)3)20-13-24(32)27(35-16-20)21-12-19(28)9-10-22(21)29/h8-12,17,20,24,26-27,31H,5-7,13-16,30,32H2,1-4H3/b18-11-,25-8+,31-23?/t17?,20?,24?,26?,27-/m1/s1. The molecule has 2 saturated heterocycles. The van der Waals surface area contributed by atoms with Crippen LogP contribution in [0.5, 0.6) is 0 Å². The van der Waals surface area contributed by atoms with Gasteiger partial charge < -0.3 is 21.1 Å². The van der Waals surface area contributed by atoms with Crippen molar-refractivity contribution in [1.82, 2.24) is 9.80 Å². The largest absolute Gasteiger partial charge is 0.402 e. The van der Waals surface area contributed by atoms with Gasteiger partial charge in [0.15, 0.2) is 0 Å². The molecule has 4 unspecified atom stereocenters. The van der Waals surface area contributed by atoms with Gasteiger partial charge in [-0.05, 0) is 56.9 Å². The van der Waals surface area contributed by atoms with E-state index in [-0.39, 0.29) is 17.6 Å². The molecule has 0 saturated carbocycles. The molecule has 35 heavy (non-hydrogen) atoms. The normalized spacial score (nSPS) is 28.4. The predicted molar refractivity (Wildman–Crippen MR) is 137 cm³/mol. The molecule has 0 aliphatic carbocycles. The molecule has 8 heteroatoms. The molecule has 1 aromatic carbocycles. The number of ether oxygens (including phenoxy) is 1. The Morgan fingerprint density at radius 2 is 2.03 bits per heavy atom. The first-order valence-corrected chi connectivity index (χ1v) is 12.7. The molecule has 2 fully saturated rings. The summed E-state index contributed by atoms with van der Waals surface area (Å²) in [6.45, 7) is 11.2. The van der Waals surface area contributed by atoms with E-state index in [1.54, 1.807) is 13.0 Å². The molecule has 2 heterocycles. The van der Waals surface area contributed by atoms with Crippen LogP contribution >= 0.6 is 0 Å². The molecular weight excluding hydrogens is 448 g/mol. The highest BCUT2D eigenvalue weighted by molar-refractivity contribution is 6.06. The van der Waals surface area contributed by atoms with Crippen molar-refractivity contribution < 1.29 is 13.5 Å². The van der Waals surface area contributed by atoms with Crippen molar-refractivity contribution in [3.8, 4) is 0 Å². The van der Waals surface area contributed by atoms with Crippen molar-refractivity contribution in [1.29, 1.82) is 5.41 Å². The highest BCUT2D eigenvalue weighted by Crippen LogP contribution is 2.34. The number of likely N-dealkylation sites (tertiary alicyclic amines) is 1. The maximum Gasteiger partial charge on any atom is 0.129 e. The Bertz CT molecular complexity index is 945. The van der Waals surface area contributed by atoms with E-state index in [0.29, 0.717) is 30.4 Å². The minimum atomic E-state index is -0.653. The van der Waals surface area contributed by atoms with Crippen LogP contribution in [-0.2, 0) is 4.74 Å². The van der Waals surface area contributed by atoms with E-state index < -0.39 is 23.8 Å². The lowest BCUT2D eigenvalue weighted by atomic mass is 9.93. The van der Waals surface area contributed by atoms with E-state index in [0.717, 1.165) is 50.3 Å². The van der Waals surface area contributed by atoms with Gasteiger partial charge in [0.25, 0.3) is 0 Å². The van der Waals surface area contributed by atoms with Crippen LogP contribution in [0.4, 0.5) is 8.78 Å². The van der Waals surface area contributed by atoms with Crippen LogP contribution in [0.2, 0.25) is 0 Å². The van der Waals surface area contributed by atoms with Crippen molar-refractivity contribution in [2.24, 2.45) is 17.4 Å². The van der Waals surface area contributed by atoms with Crippen molar-refractivity contribution in [3.63, 3.8) is 0 Å². The fourth-order valence-electron chi connectivity index (χ4n) is 5.39. The lowest BCUT2D eigenvalue weighted by Crippen LogP contribution is -2.49. The molecule has 2 aliphatic heterocycles. The number of nitrogens with one attached hydrogen (secondary N) is 1. The van der Waals surface area contributed by atoms with Crippen molar-refractivity contribution in [2.45, 2.75) is 71.2 Å². The van der Waals surface area contributed by atoms with Gasteiger partial charge >= 0.3 is 0 Å². The monoisotopic (exact) mass is 489 g/mol. The Balaban J connectivity index is 1.73. The zero-order valence-corrected chi connectivity index (χ0v) is 21.4. The Morgan fingerprint density at radius 1 is 1.29 bits per heavy atom. The topological polar surface area (TPSA) is 91.6 Å². The van der Waals surface area contributed by atoms with Crippen LogP contribution in [0.25, 0.3) is 0 Å². The number of nitrogens with zero attached hydrogens (tertiary/aromatic N) is 2. The SMILES string of the molecule is CCC/C=C(\C(=N)/C=C(/C)N)N(CC)C1CN(C2CO[C@H](c3cc(F)ccc3F)C(N)C2)CC1C. The van der Waals surface area contributed by atoms with Gasteiger partial charge in [-0.3, -0.25) is 10.3 Å². The van der Waals surface area contributed by atoms with Gasteiger partial charge in [0.1, 0.15) is 17.7 Å². The molecule has 5 atom stereocenters. The lowest BCUT2D eigenvalue weighted by molar-refractivity contribution is -0.0482. The van der Waals surface area contributed by atoms with Crippen molar-refractivity contribution in [3.05, 3.63) is 58.9 Å². The second kappa shape index (κ2) is 12.1. The molecule has 5 N–H and O–H groups in total. The zero-order chi connectivity index (χ0) is 25.7. The molecular formula is C27H41F2N5O. The highest BCUT2D eigenvalue weighted by atomic mass is 19.1. The molecule has 0 amide bonds. The Labute approximate surface area is 208 Å². The van der Waals surface area contributed by atoms with Crippen LogP contribution in [0.15, 0.2) is 41.7 Å². The van der Waals surface area contributed by atoms with Crippen LogP contribution in [0, 0.1) is 23.0 Å². The number of unbranched alkanes of at least 4 members (excludes halogenated alkanes) is 1. The zero-order valence-electron chi connectivity index (χ0n) is 21.4. The molecule has 1 aromatic rings. The van der Waals surface area contributed by atoms with Gasteiger partial charge in [-0.2, -0.15) is 0 Å². The van der Waals surface area contributed by atoms with Crippen LogP contribution in [-0.4, -0.2) is 59.9 Å². The second-order valence-corrected chi connectivity index (χ2v) is 9.94. The predicted octanol–water partition coefficient (Wildman–Crippen LogP) is 4.33. The quantitative estimate of drug-likeness (QED) is 0.449. The van der Waals surface area contributed by atoms with E-state index in [9.17, 15) is 8.78 Å². The second-order valence-electron chi connectivity index (χ2n) is 9.94. The van der Waals surface area contributed by atoms with E-state index in [1.165, 1.54) is 6.07 Å². The molecule has 0 aromatic heterocycles. The third kappa shape index (κ3) is 6.48. The molecule has 0 radical (unpaired) electrons. The number of likely N-dealkylation sites (N-methyl/N-ethyl adjacent to an activating group) is 1. The molecule has 194 valence electrons. The summed E-state index contributed by atoms with van der Waals surface area (Å²) in [6, 6.07) is 3.34. The van der Waals surface area contributed by atoms with E-state index >= 15 is 0 Å². The number of hydrogen-bond donors (Lipinski definition) is 3. The summed E-state index contributed by atoms with van der Waals surface area (Å²) in [6.07, 6.45) is 5.78. The minimum absolute atomic E-state index is 0.109. The van der Waals surface area contributed by atoms with Crippen molar-refractivity contribution >= 4 is 5.71 Å². The molecule has 3 rings (SSSR count). The van der Waals surface area contributed by atoms with Gasteiger partial charge in [0, 0.05) is 49.0 Å². The smallest absolute Gasteiger partial charge is 0.129 e. The molecule has 0 bridgehead atoms. The maximum atomic E-state index is 14.3. The summed E-state index contributed by atoms with van der Waals surface area (Å²) in [5.41, 5.74) is 14.5. The third-order valence-corrected chi connectivity index (χ3v) is 7.11. The van der Waals surface area contributed by atoms with Crippen LogP contribution < -0.4 is 11.5 Å². The summed E-state index contributed by atoms with van der Waals surface area (Å²) in [7, 11) is 0. The van der Waals surface area contributed by atoms with Gasteiger partial charge in [0.05, 0.1) is 18.0 Å². The first kappa shape index (κ1) is 27.3. The highest BCUT2D eigenvalue weighted by Gasteiger charge is 2.41. The molecule has 6 nitrogen and oxygen atoms in total. The molecule has 0 spiro atoms. The number of allylic oxidation sites excluding steroid dienone is 3. The maximum absolute atomic E-state index is 14.3. The number of rotatable bonds is 9. The van der Waals surface area contributed by atoms with Crippen molar-refractivity contribution in [2.75, 3.05) is 26.2 Å².